The SMILES string of the molecule is C=Cc1cc(-c2ccccc2)c(-c2ccccc2)c(-c2ccccc2)c1. The molecule has 124 valence electrons. The van der Waals surface area contributed by atoms with Gasteiger partial charge in [0.15, 0.2) is 0 Å². The van der Waals surface area contributed by atoms with Crippen LogP contribution in [0.4, 0.5) is 0 Å². The Hall–Kier alpha value is -3.38. The minimum absolute atomic E-state index is 1.13. The minimum atomic E-state index is 1.13. The van der Waals surface area contributed by atoms with Crippen molar-refractivity contribution < 1.29 is 0 Å². The van der Waals surface area contributed by atoms with E-state index in [4.69, 9.17) is 0 Å². The fourth-order valence-corrected chi connectivity index (χ4v) is 3.39. The maximum absolute atomic E-state index is 4.00. The third-order valence-corrected chi connectivity index (χ3v) is 4.63. The van der Waals surface area contributed by atoms with Crippen molar-refractivity contribution in [1.82, 2.24) is 0 Å². The number of rotatable bonds is 4. The van der Waals surface area contributed by atoms with Gasteiger partial charge in [-0.3, -0.25) is 0 Å². The first-order valence-corrected chi connectivity index (χ1v) is 8.83. The lowest BCUT2D eigenvalue weighted by atomic mass is 9.86. The molecule has 0 aliphatic heterocycles. The fourth-order valence-electron chi connectivity index (χ4n) is 3.39. The summed E-state index contributed by atoms with van der Waals surface area (Å²) in [5.74, 6) is 0. The second kappa shape index (κ2) is 7.25. The van der Waals surface area contributed by atoms with Crippen molar-refractivity contribution in [2.24, 2.45) is 0 Å². The van der Waals surface area contributed by atoms with Gasteiger partial charge >= 0.3 is 0 Å². The maximum Gasteiger partial charge on any atom is -0.00264 e. The molecule has 4 rings (SSSR count). The summed E-state index contributed by atoms with van der Waals surface area (Å²) < 4.78 is 0. The molecular formula is C26H20. The normalized spacial score (nSPS) is 10.5. The molecule has 0 amide bonds. The van der Waals surface area contributed by atoms with Gasteiger partial charge < -0.3 is 0 Å². The lowest BCUT2D eigenvalue weighted by Crippen LogP contribution is -1.92. The Morgan fingerprint density at radius 1 is 0.500 bits per heavy atom. The summed E-state index contributed by atoms with van der Waals surface area (Å²) in [6.45, 7) is 4.00. The highest BCUT2D eigenvalue weighted by molar-refractivity contribution is 5.95. The lowest BCUT2D eigenvalue weighted by Gasteiger charge is -2.18. The molecule has 0 unspecified atom stereocenters. The molecule has 0 spiro atoms. The highest BCUT2D eigenvalue weighted by Gasteiger charge is 2.15. The van der Waals surface area contributed by atoms with Crippen molar-refractivity contribution in [2.75, 3.05) is 0 Å². The Morgan fingerprint density at radius 2 is 0.885 bits per heavy atom. The molecule has 0 radical (unpaired) electrons. The number of hydrogen-bond acceptors (Lipinski definition) is 0. The summed E-state index contributed by atoms with van der Waals surface area (Å²) >= 11 is 0. The van der Waals surface area contributed by atoms with Crippen LogP contribution in [-0.2, 0) is 0 Å². The van der Waals surface area contributed by atoms with Gasteiger partial charge in [0, 0.05) is 0 Å². The van der Waals surface area contributed by atoms with E-state index in [0.29, 0.717) is 0 Å². The van der Waals surface area contributed by atoms with Gasteiger partial charge in [0.25, 0.3) is 0 Å². The minimum Gasteiger partial charge on any atom is -0.0985 e. The van der Waals surface area contributed by atoms with Crippen LogP contribution in [0.15, 0.2) is 110 Å². The van der Waals surface area contributed by atoms with Gasteiger partial charge in [-0.05, 0) is 51.1 Å². The van der Waals surface area contributed by atoms with Gasteiger partial charge in [-0.1, -0.05) is 104 Å². The lowest BCUT2D eigenvalue weighted by molar-refractivity contribution is 1.54. The Bertz CT molecular complexity index is 953. The molecule has 0 nitrogen and oxygen atoms in total. The molecule has 0 saturated heterocycles. The van der Waals surface area contributed by atoms with Crippen LogP contribution in [0, 0.1) is 0 Å². The van der Waals surface area contributed by atoms with E-state index >= 15 is 0 Å². The van der Waals surface area contributed by atoms with E-state index in [9.17, 15) is 0 Å². The van der Waals surface area contributed by atoms with Crippen LogP contribution >= 0.6 is 0 Å². The maximum atomic E-state index is 4.00. The number of benzene rings is 4. The number of hydrogen-bond donors (Lipinski definition) is 0. The van der Waals surface area contributed by atoms with E-state index in [1.165, 1.54) is 33.4 Å². The molecule has 0 fully saturated rings. The van der Waals surface area contributed by atoms with Gasteiger partial charge in [0.2, 0.25) is 0 Å². The first-order chi connectivity index (χ1) is 12.9. The molecule has 4 aromatic rings. The van der Waals surface area contributed by atoms with Crippen molar-refractivity contribution in [3.05, 3.63) is 115 Å². The first-order valence-electron chi connectivity index (χ1n) is 8.83. The standard InChI is InChI=1S/C26H20/c1-2-20-18-24(21-12-6-3-7-13-21)26(23-16-10-5-11-17-23)25(19-20)22-14-8-4-9-15-22/h2-19H,1H2. The molecule has 0 saturated carbocycles. The molecule has 0 aliphatic rings. The van der Waals surface area contributed by atoms with E-state index in [2.05, 4.69) is 110 Å². The van der Waals surface area contributed by atoms with Crippen LogP contribution in [0.3, 0.4) is 0 Å². The highest BCUT2D eigenvalue weighted by atomic mass is 14.2. The Balaban J connectivity index is 2.09. The average molecular weight is 332 g/mol. The Labute approximate surface area is 155 Å². The van der Waals surface area contributed by atoms with Gasteiger partial charge in [-0.15, -0.1) is 0 Å². The summed E-state index contributed by atoms with van der Waals surface area (Å²) in [7, 11) is 0. The first kappa shape index (κ1) is 16.1. The largest absolute Gasteiger partial charge is 0.0985 e. The molecule has 0 atom stereocenters. The van der Waals surface area contributed by atoms with Crippen molar-refractivity contribution in [1.29, 1.82) is 0 Å². The molecule has 0 heterocycles. The van der Waals surface area contributed by atoms with Crippen LogP contribution in [-0.4, -0.2) is 0 Å². The van der Waals surface area contributed by atoms with Crippen molar-refractivity contribution >= 4 is 6.08 Å². The molecule has 0 N–H and O–H groups in total. The zero-order valence-electron chi connectivity index (χ0n) is 14.6. The molecule has 0 aliphatic carbocycles. The molecule has 26 heavy (non-hydrogen) atoms. The van der Waals surface area contributed by atoms with E-state index in [-0.39, 0.29) is 0 Å². The predicted molar refractivity (Wildman–Crippen MR) is 113 cm³/mol. The summed E-state index contributed by atoms with van der Waals surface area (Å²) in [4.78, 5) is 0. The molecule has 0 heteroatoms. The molecule has 0 bridgehead atoms. The Kier molecular flexibility index (Phi) is 4.49. The van der Waals surface area contributed by atoms with Gasteiger partial charge in [0.05, 0.1) is 0 Å². The zero-order chi connectivity index (χ0) is 17.8. The summed E-state index contributed by atoms with van der Waals surface area (Å²) in [6, 6.07) is 36.2. The topological polar surface area (TPSA) is 0 Å². The summed E-state index contributed by atoms with van der Waals surface area (Å²) in [5.41, 5.74) is 8.50. The van der Waals surface area contributed by atoms with Crippen LogP contribution < -0.4 is 0 Å². The van der Waals surface area contributed by atoms with Crippen LogP contribution in [0.2, 0.25) is 0 Å². The van der Waals surface area contributed by atoms with Crippen LogP contribution in [0.1, 0.15) is 5.56 Å². The van der Waals surface area contributed by atoms with Crippen LogP contribution in [0.5, 0.6) is 0 Å². The quantitative estimate of drug-likeness (QED) is 0.367. The molecular weight excluding hydrogens is 312 g/mol. The molecule has 0 aromatic heterocycles. The summed E-state index contributed by atoms with van der Waals surface area (Å²) in [6.07, 6.45) is 1.92. The van der Waals surface area contributed by atoms with Crippen LogP contribution in [0.25, 0.3) is 39.5 Å². The van der Waals surface area contributed by atoms with E-state index < -0.39 is 0 Å². The smallest absolute Gasteiger partial charge is 0.00264 e. The van der Waals surface area contributed by atoms with E-state index in [1.54, 1.807) is 0 Å². The average Bonchev–Trinajstić information content (AvgIpc) is 2.74. The van der Waals surface area contributed by atoms with Gasteiger partial charge in [-0.25, -0.2) is 0 Å². The van der Waals surface area contributed by atoms with Crippen molar-refractivity contribution in [3.8, 4) is 33.4 Å². The van der Waals surface area contributed by atoms with E-state index in [0.717, 1.165) is 5.56 Å². The monoisotopic (exact) mass is 332 g/mol. The Morgan fingerprint density at radius 3 is 1.27 bits per heavy atom. The van der Waals surface area contributed by atoms with E-state index in [1.807, 2.05) is 6.08 Å². The van der Waals surface area contributed by atoms with Gasteiger partial charge in [-0.2, -0.15) is 0 Å². The van der Waals surface area contributed by atoms with Crippen molar-refractivity contribution in [3.63, 3.8) is 0 Å². The summed E-state index contributed by atoms with van der Waals surface area (Å²) in [5, 5.41) is 0. The second-order valence-corrected chi connectivity index (χ2v) is 6.29. The van der Waals surface area contributed by atoms with Crippen molar-refractivity contribution in [2.45, 2.75) is 0 Å². The second-order valence-electron chi connectivity index (χ2n) is 6.29. The highest BCUT2D eigenvalue weighted by Crippen LogP contribution is 2.41. The molecule has 4 aromatic carbocycles. The third-order valence-electron chi connectivity index (χ3n) is 4.63. The predicted octanol–water partition coefficient (Wildman–Crippen LogP) is 7.33. The van der Waals surface area contributed by atoms with Gasteiger partial charge in [0.1, 0.15) is 0 Å². The fraction of sp³-hybridized carbons (Fsp3) is 0. The third kappa shape index (κ3) is 3.10. The zero-order valence-corrected chi connectivity index (χ0v) is 14.6.